The summed E-state index contributed by atoms with van der Waals surface area (Å²) in [5.74, 6) is -0.188. The van der Waals surface area contributed by atoms with E-state index in [2.05, 4.69) is 67.8 Å². The molecule has 0 aliphatic carbocycles. The van der Waals surface area contributed by atoms with E-state index in [1.165, 1.54) is 212 Å². The van der Waals surface area contributed by atoms with Crippen molar-refractivity contribution in [2.24, 2.45) is 0 Å². The Morgan fingerprint density at radius 3 is 1.23 bits per heavy atom. The molecule has 1 rings (SSSR count). The number of aliphatic hydroxyl groups is 5. The summed E-state index contributed by atoms with van der Waals surface area (Å²) in [5.41, 5.74) is 0. The van der Waals surface area contributed by atoms with Gasteiger partial charge in [-0.05, 0) is 77.0 Å². The number of aliphatic hydroxyl groups excluding tert-OH is 5. The zero-order chi connectivity index (χ0) is 52.9. The lowest BCUT2D eigenvalue weighted by Crippen LogP contribution is -2.60. The number of nitrogens with one attached hydrogen (secondary N) is 1. The molecule has 0 spiro atoms. The fourth-order valence-electron chi connectivity index (χ4n) is 9.63. The smallest absolute Gasteiger partial charge is 0.220 e. The molecule has 1 saturated heterocycles. The van der Waals surface area contributed by atoms with Crippen LogP contribution < -0.4 is 5.32 Å². The Labute approximate surface area is 449 Å². The summed E-state index contributed by atoms with van der Waals surface area (Å²) in [5, 5.41) is 54.6. The minimum Gasteiger partial charge on any atom is -0.394 e. The molecule has 0 saturated carbocycles. The first-order valence-electron chi connectivity index (χ1n) is 31.0. The molecule has 9 heteroatoms. The van der Waals surface area contributed by atoms with Gasteiger partial charge in [0.15, 0.2) is 6.29 Å². The van der Waals surface area contributed by atoms with E-state index in [0.29, 0.717) is 6.42 Å². The summed E-state index contributed by atoms with van der Waals surface area (Å²) in [6, 6.07) is -0.830. The van der Waals surface area contributed by atoms with E-state index in [1.54, 1.807) is 6.08 Å². The minimum atomic E-state index is -1.58. The maximum atomic E-state index is 13.1. The van der Waals surface area contributed by atoms with E-state index in [0.717, 1.165) is 51.4 Å². The van der Waals surface area contributed by atoms with Crippen LogP contribution >= 0.6 is 0 Å². The molecule has 0 bridgehead atoms. The zero-order valence-corrected chi connectivity index (χ0v) is 47.4. The van der Waals surface area contributed by atoms with Crippen LogP contribution in [0.4, 0.5) is 0 Å². The Balaban J connectivity index is 2.20. The lowest BCUT2D eigenvalue weighted by atomic mass is 9.99. The lowest BCUT2D eigenvalue weighted by molar-refractivity contribution is -0.302. The monoisotopic (exact) mass is 1030 g/mol. The Hall–Kier alpha value is -2.11. The number of ether oxygens (including phenoxy) is 2. The number of rotatable bonds is 53. The first kappa shape index (κ1) is 68.9. The maximum absolute atomic E-state index is 13.1. The van der Waals surface area contributed by atoms with Crippen LogP contribution in [0.15, 0.2) is 60.8 Å². The number of allylic oxidation sites excluding steroid dienone is 9. The van der Waals surface area contributed by atoms with Gasteiger partial charge in [-0.2, -0.15) is 0 Å². The Morgan fingerprint density at radius 2 is 0.822 bits per heavy atom. The molecule has 0 aromatic heterocycles. The average Bonchev–Trinajstić information content (AvgIpc) is 3.39. The summed E-state index contributed by atoms with van der Waals surface area (Å²) < 4.78 is 11.3. The third-order valence-electron chi connectivity index (χ3n) is 14.5. The molecule has 7 unspecified atom stereocenters. The molecule has 1 aliphatic heterocycles. The van der Waals surface area contributed by atoms with E-state index in [1.807, 2.05) is 6.08 Å². The van der Waals surface area contributed by atoms with Crippen LogP contribution in [0.3, 0.4) is 0 Å². The largest absolute Gasteiger partial charge is 0.394 e. The van der Waals surface area contributed by atoms with E-state index in [4.69, 9.17) is 9.47 Å². The molecule has 0 aromatic carbocycles. The van der Waals surface area contributed by atoms with Crippen LogP contribution in [0.2, 0.25) is 0 Å². The SMILES string of the molecule is CCCCCCC/C=C\C/C=C\CCCCCCCCCCCCCCCCCCCC(=O)NC(COC1OC(CO)C(O)C(O)C1O)C(O)/C=C/CC/C=C/CC/C=C/CCCCCCCCCCCCC. The number of unbranched alkanes of at least 4 members (excludes halogenated alkanes) is 35. The van der Waals surface area contributed by atoms with E-state index < -0.39 is 49.5 Å². The minimum absolute atomic E-state index is 0.188. The number of hydrogen-bond acceptors (Lipinski definition) is 8. The molecule has 9 nitrogen and oxygen atoms in total. The molecule has 73 heavy (non-hydrogen) atoms. The topological polar surface area (TPSA) is 149 Å². The molecule has 6 N–H and O–H groups in total. The molecule has 1 amide bonds. The highest BCUT2D eigenvalue weighted by Gasteiger charge is 2.44. The van der Waals surface area contributed by atoms with Gasteiger partial charge in [0.25, 0.3) is 0 Å². The quantitative estimate of drug-likeness (QED) is 0.0261. The highest BCUT2D eigenvalue weighted by atomic mass is 16.7. The highest BCUT2D eigenvalue weighted by Crippen LogP contribution is 2.23. The van der Waals surface area contributed by atoms with Crippen molar-refractivity contribution in [3.8, 4) is 0 Å². The van der Waals surface area contributed by atoms with Gasteiger partial charge in [-0.25, -0.2) is 0 Å². The lowest BCUT2D eigenvalue weighted by Gasteiger charge is -2.40. The molecule has 0 aromatic rings. The molecule has 7 atom stereocenters. The number of carbonyl (C=O) groups excluding carboxylic acids is 1. The fourth-order valence-corrected chi connectivity index (χ4v) is 9.63. The molecule has 1 aliphatic rings. The van der Waals surface area contributed by atoms with Gasteiger partial charge in [0, 0.05) is 6.42 Å². The van der Waals surface area contributed by atoms with Gasteiger partial charge in [-0.15, -0.1) is 0 Å². The maximum Gasteiger partial charge on any atom is 0.220 e. The van der Waals surface area contributed by atoms with Crippen molar-refractivity contribution < 1.29 is 39.8 Å². The summed E-state index contributed by atoms with van der Waals surface area (Å²) in [6.45, 7) is 3.77. The van der Waals surface area contributed by atoms with Gasteiger partial charge in [-0.1, -0.05) is 261 Å². The number of amides is 1. The second kappa shape index (κ2) is 53.3. The summed E-state index contributed by atoms with van der Waals surface area (Å²) in [6.07, 6.45) is 65.8. The average molecular weight is 1030 g/mol. The van der Waals surface area contributed by atoms with Crippen LogP contribution in [-0.2, 0) is 14.3 Å². The molecule has 1 heterocycles. The van der Waals surface area contributed by atoms with E-state index >= 15 is 0 Å². The van der Waals surface area contributed by atoms with Crippen molar-refractivity contribution in [1.29, 1.82) is 0 Å². The van der Waals surface area contributed by atoms with Gasteiger partial charge in [0.1, 0.15) is 24.4 Å². The van der Waals surface area contributed by atoms with Crippen LogP contribution in [0, 0.1) is 0 Å². The highest BCUT2D eigenvalue weighted by molar-refractivity contribution is 5.76. The number of hydrogen-bond donors (Lipinski definition) is 6. The third kappa shape index (κ3) is 42.7. The van der Waals surface area contributed by atoms with Crippen LogP contribution in [0.1, 0.15) is 284 Å². The van der Waals surface area contributed by atoms with Gasteiger partial charge in [-0.3, -0.25) is 4.79 Å². The molecule has 426 valence electrons. The predicted molar refractivity (Wildman–Crippen MR) is 309 cm³/mol. The normalized spacial score (nSPS) is 19.5. The van der Waals surface area contributed by atoms with Crippen molar-refractivity contribution in [1.82, 2.24) is 5.32 Å². The number of carbonyl (C=O) groups is 1. The fraction of sp³-hybridized carbons (Fsp3) is 0.828. The Kier molecular flexibility index (Phi) is 50.3. The molecular weight excluding hydrogens is 911 g/mol. The molecular formula is C64H117NO8. The summed E-state index contributed by atoms with van der Waals surface area (Å²) in [4.78, 5) is 13.1. The van der Waals surface area contributed by atoms with Crippen molar-refractivity contribution in [3.63, 3.8) is 0 Å². The van der Waals surface area contributed by atoms with Crippen LogP contribution in [0.5, 0.6) is 0 Å². The van der Waals surface area contributed by atoms with E-state index in [9.17, 15) is 30.3 Å². The predicted octanol–water partition coefficient (Wildman–Crippen LogP) is 15.9. The second-order valence-electron chi connectivity index (χ2n) is 21.5. The van der Waals surface area contributed by atoms with Crippen molar-refractivity contribution in [2.75, 3.05) is 13.2 Å². The van der Waals surface area contributed by atoms with Crippen LogP contribution in [-0.4, -0.2) is 87.5 Å². The first-order chi connectivity index (χ1) is 35.8. The van der Waals surface area contributed by atoms with Gasteiger partial charge < -0.3 is 40.3 Å². The van der Waals surface area contributed by atoms with Gasteiger partial charge in [0.2, 0.25) is 5.91 Å². The standard InChI is InChI=1S/C64H117NO8/c1-3-5-7-9-11-13-15-17-19-21-23-25-26-27-28-29-30-31-32-34-36-38-40-42-44-46-48-50-52-54-60(68)65-57(56-72-64-63(71)62(70)61(69)59(55-66)73-64)58(67)53-51-49-47-45-43-41-39-37-35-33-24-22-20-18-16-14-12-10-8-6-4-2/h15,17,21,23,35,37,43,45,51,53,57-59,61-64,66-67,69-71H,3-14,16,18-20,22,24-34,36,38-42,44,46-50,52,54-56H2,1-2H3,(H,65,68)/b17-15-,23-21-,37-35+,45-43+,53-51+. The molecule has 1 fully saturated rings. The van der Waals surface area contributed by atoms with Crippen molar-refractivity contribution >= 4 is 5.91 Å². The van der Waals surface area contributed by atoms with Gasteiger partial charge in [0.05, 0.1) is 25.4 Å². The van der Waals surface area contributed by atoms with Gasteiger partial charge >= 0.3 is 0 Å². The van der Waals surface area contributed by atoms with E-state index in [-0.39, 0.29) is 12.5 Å². The van der Waals surface area contributed by atoms with Crippen molar-refractivity contribution in [3.05, 3.63) is 60.8 Å². The summed E-state index contributed by atoms with van der Waals surface area (Å²) in [7, 11) is 0. The van der Waals surface area contributed by atoms with Crippen molar-refractivity contribution in [2.45, 2.75) is 326 Å². The molecule has 0 radical (unpaired) electrons. The first-order valence-corrected chi connectivity index (χ1v) is 31.0. The third-order valence-corrected chi connectivity index (χ3v) is 14.5. The summed E-state index contributed by atoms with van der Waals surface area (Å²) >= 11 is 0. The zero-order valence-electron chi connectivity index (χ0n) is 47.4. The Bertz CT molecular complexity index is 1330. The van der Waals surface area contributed by atoms with Crippen LogP contribution in [0.25, 0.3) is 0 Å². The Morgan fingerprint density at radius 1 is 0.466 bits per heavy atom. The second-order valence-corrected chi connectivity index (χ2v) is 21.5.